The number of halogens is 2. The van der Waals surface area contributed by atoms with E-state index in [1.807, 2.05) is 13.8 Å². The Morgan fingerprint density at radius 1 is 1.50 bits per heavy atom. The molecule has 0 aromatic carbocycles. The molecule has 0 bridgehead atoms. The van der Waals surface area contributed by atoms with Crippen LogP contribution < -0.4 is 5.84 Å². The van der Waals surface area contributed by atoms with Crippen molar-refractivity contribution in [2.24, 2.45) is 22.2 Å². The molecule has 14 heavy (non-hydrogen) atoms. The van der Waals surface area contributed by atoms with E-state index in [4.69, 9.17) is 5.84 Å². The van der Waals surface area contributed by atoms with Gasteiger partial charge in [0.1, 0.15) is 5.70 Å². The first-order valence-electron chi connectivity index (χ1n) is 4.35. The number of hydrogen-bond donors (Lipinski definition) is 1. The van der Waals surface area contributed by atoms with Crippen molar-refractivity contribution in [3.63, 3.8) is 0 Å². The Morgan fingerprint density at radius 2 is 2.07 bits per heavy atom. The van der Waals surface area contributed by atoms with E-state index < -0.39 is 6.43 Å². The third kappa shape index (κ3) is 4.15. The summed E-state index contributed by atoms with van der Waals surface area (Å²) in [5.74, 6) is 5.05. The maximum Gasteiger partial charge on any atom is 0.279 e. The van der Waals surface area contributed by atoms with Gasteiger partial charge in [0, 0.05) is 6.54 Å². The molecule has 0 aliphatic carbocycles. The summed E-state index contributed by atoms with van der Waals surface area (Å²) in [5, 5.41) is 7.58. The van der Waals surface area contributed by atoms with Crippen LogP contribution in [0.4, 0.5) is 8.78 Å². The van der Waals surface area contributed by atoms with Crippen molar-refractivity contribution in [3.8, 4) is 0 Å². The molecule has 0 saturated carbocycles. The molecule has 0 fully saturated rings. The summed E-state index contributed by atoms with van der Waals surface area (Å²) >= 11 is 0. The Kier molecular flexibility index (Phi) is 5.74. The monoisotopic (exact) mass is 206 g/mol. The first-order chi connectivity index (χ1) is 6.52. The largest absolute Gasteiger partial charge is 0.303 e. The topological polar surface area (TPSA) is 54.0 Å². The molecule has 4 nitrogen and oxygen atoms in total. The Bertz CT molecular complexity index is 213. The molecule has 0 aromatic heterocycles. The molecule has 0 spiro atoms. The lowest BCUT2D eigenvalue weighted by Crippen LogP contribution is -2.25. The Morgan fingerprint density at radius 3 is 2.36 bits per heavy atom. The Labute approximate surface area is 82.4 Å². The standard InChI is InChI=1S/C8H16F2N4/c1-4-7(8(9)10)14(13-12-11)5-6(2)3/h4,6,8H,5H2,1-3H3,(H2,11,13)/b7-4-. The van der Waals surface area contributed by atoms with Crippen molar-refractivity contribution in [3.05, 3.63) is 11.8 Å². The van der Waals surface area contributed by atoms with Gasteiger partial charge < -0.3 is 5.84 Å². The zero-order chi connectivity index (χ0) is 11.1. The molecule has 0 aliphatic heterocycles. The third-order valence-electron chi connectivity index (χ3n) is 1.52. The van der Waals surface area contributed by atoms with Gasteiger partial charge in [-0.1, -0.05) is 25.1 Å². The normalized spacial score (nSPS) is 13.2. The van der Waals surface area contributed by atoms with E-state index >= 15 is 0 Å². The summed E-state index contributed by atoms with van der Waals surface area (Å²) < 4.78 is 24.9. The van der Waals surface area contributed by atoms with Gasteiger partial charge in [0.05, 0.1) is 0 Å². The summed E-state index contributed by atoms with van der Waals surface area (Å²) in [6.07, 6.45) is -1.26. The van der Waals surface area contributed by atoms with Crippen LogP contribution in [0.5, 0.6) is 0 Å². The van der Waals surface area contributed by atoms with E-state index in [1.54, 1.807) is 0 Å². The van der Waals surface area contributed by atoms with Crippen LogP contribution in [0.1, 0.15) is 20.8 Å². The van der Waals surface area contributed by atoms with E-state index in [0.29, 0.717) is 6.54 Å². The van der Waals surface area contributed by atoms with Crippen LogP contribution >= 0.6 is 0 Å². The van der Waals surface area contributed by atoms with Gasteiger partial charge in [-0.05, 0) is 18.1 Å². The zero-order valence-electron chi connectivity index (χ0n) is 8.61. The second-order valence-electron chi connectivity index (χ2n) is 3.20. The van der Waals surface area contributed by atoms with Crippen LogP contribution in [-0.2, 0) is 0 Å². The molecule has 0 heterocycles. The second-order valence-corrected chi connectivity index (χ2v) is 3.20. The maximum atomic E-state index is 12.5. The minimum atomic E-state index is -2.57. The number of nitrogens with two attached hydrogens (primary N) is 1. The first-order valence-corrected chi connectivity index (χ1v) is 4.35. The molecule has 0 radical (unpaired) electrons. The van der Waals surface area contributed by atoms with Gasteiger partial charge in [-0.3, -0.25) is 0 Å². The van der Waals surface area contributed by atoms with E-state index in [9.17, 15) is 8.78 Å². The van der Waals surface area contributed by atoms with Crippen LogP contribution in [0.2, 0.25) is 0 Å². The molecular weight excluding hydrogens is 190 g/mol. The van der Waals surface area contributed by atoms with E-state index in [0.717, 1.165) is 5.01 Å². The molecule has 0 amide bonds. The average Bonchev–Trinajstić information content (AvgIpc) is 2.03. The van der Waals surface area contributed by atoms with Crippen molar-refractivity contribution in [1.82, 2.24) is 5.01 Å². The predicted octanol–water partition coefficient (Wildman–Crippen LogP) is 2.35. The van der Waals surface area contributed by atoms with Crippen LogP contribution in [0.25, 0.3) is 0 Å². The van der Waals surface area contributed by atoms with Gasteiger partial charge >= 0.3 is 0 Å². The Hall–Kier alpha value is -1.20. The number of allylic oxidation sites excluding steroid dienone is 2. The Balaban J connectivity index is 4.62. The molecule has 0 atom stereocenters. The molecule has 0 aromatic rings. The first kappa shape index (κ1) is 12.8. The SMILES string of the molecule is C/C=C(/C(F)F)N(CC(C)C)/N=N\N. The lowest BCUT2D eigenvalue weighted by Gasteiger charge is -2.21. The maximum absolute atomic E-state index is 12.5. The fraction of sp³-hybridized carbons (Fsp3) is 0.750. The average molecular weight is 206 g/mol. The van der Waals surface area contributed by atoms with Crippen molar-refractivity contribution in [2.45, 2.75) is 27.2 Å². The highest BCUT2D eigenvalue weighted by molar-refractivity contribution is 5.01. The lowest BCUT2D eigenvalue weighted by molar-refractivity contribution is 0.130. The van der Waals surface area contributed by atoms with E-state index in [2.05, 4.69) is 10.4 Å². The molecule has 0 unspecified atom stereocenters. The highest BCUT2D eigenvalue weighted by Crippen LogP contribution is 2.16. The molecule has 0 saturated heterocycles. The molecular formula is C8H16F2N4. The van der Waals surface area contributed by atoms with Gasteiger partial charge in [-0.15, -0.1) is 0 Å². The quantitative estimate of drug-likeness (QED) is 0.426. The summed E-state index contributed by atoms with van der Waals surface area (Å²) in [5.41, 5.74) is -0.173. The van der Waals surface area contributed by atoms with E-state index in [-0.39, 0.29) is 11.6 Å². The van der Waals surface area contributed by atoms with Crippen molar-refractivity contribution < 1.29 is 8.78 Å². The summed E-state index contributed by atoms with van der Waals surface area (Å²) in [6.45, 7) is 5.70. The van der Waals surface area contributed by atoms with Gasteiger partial charge in [-0.25, -0.2) is 13.8 Å². The van der Waals surface area contributed by atoms with Gasteiger partial charge in [-0.2, -0.15) is 0 Å². The van der Waals surface area contributed by atoms with E-state index in [1.165, 1.54) is 13.0 Å². The van der Waals surface area contributed by atoms with Crippen LogP contribution in [0.3, 0.4) is 0 Å². The molecule has 6 heteroatoms. The molecule has 0 aliphatic rings. The van der Waals surface area contributed by atoms with Crippen LogP contribution in [0.15, 0.2) is 22.2 Å². The number of hydrogen-bond acceptors (Lipinski definition) is 2. The third-order valence-corrected chi connectivity index (χ3v) is 1.52. The highest BCUT2D eigenvalue weighted by Gasteiger charge is 2.18. The van der Waals surface area contributed by atoms with Gasteiger partial charge in [0.15, 0.2) is 0 Å². The number of rotatable bonds is 5. The van der Waals surface area contributed by atoms with Crippen molar-refractivity contribution in [1.29, 1.82) is 0 Å². The van der Waals surface area contributed by atoms with Crippen molar-refractivity contribution in [2.75, 3.05) is 6.54 Å². The minimum Gasteiger partial charge on any atom is -0.303 e. The lowest BCUT2D eigenvalue weighted by atomic mass is 10.2. The fourth-order valence-corrected chi connectivity index (χ4v) is 0.989. The summed E-state index contributed by atoms with van der Waals surface area (Å²) in [4.78, 5) is 0. The van der Waals surface area contributed by atoms with Gasteiger partial charge in [0.25, 0.3) is 6.43 Å². The zero-order valence-corrected chi connectivity index (χ0v) is 8.61. The van der Waals surface area contributed by atoms with Crippen molar-refractivity contribution >= 4 is 0 Å². The number of nitrogens with zero attached hydrogens (tertiary/aromatic N) is 3. The molecule has 2 N–H and O–H groups in total. The van der Waals surface area contributed by atoms with Gasteiger partial charge in [0.2, 0.25) is 0 Å². The summed E-state index contributed by atoms with van der Waals surface area (Å²) in [7, 11) is 0. The smallest absolute Gasteiger partial charge is 0.279 e. The number of alkyl halides is 2. The summed E-state index contributed by atoms with van der Waals surface area (Å²) in [6, 6.07) is 0. The molecule has 0 rings (SSSR count). The highest BCUT2D eigenvalue weighted by atomic mass is 19.3. The second kappa shape index (κ2) is 6.28. The van der Waals surface area contributed by atoms with Crippen LogP contribution in [0, 0.1) is 5.92 Å². The minimum absolute atomic E-state index is 0.173. The molecule has 82 valence electrons. The predicted molar refractivity (Wildman–Crippen MR) is 50.3 cm³/mol. The fourth-order valence-electron chi connectivity index (χ4n) is 0.989. The van der Waals surface area contributed by atoms with Crippen LogP contribution in [-0.4, -0.2) is 18.0 Å².